The molecule has 17 heavy (non-hydrogen) atoms. The molecule has 2 aromatic rings. The first-order chi connectivity index (χ1) is 8.06. The molecule has 2 rings (SSSR count). The van der Waals surface area contributed by atoms with E-state index in [1.54, 1.807) is 18.2 Å². The van der Waals surface area contributed by atoms with Crippen molar-refractivity contribution in [3.05, 3.63) is 52.5 Å². The van der Waals surface area contributed by atoms with Gasteiger partial charge >= 0.3 is 0 Å². The molecule has 2 nitrogen and oxygen atoms in total. The van der Waals surface area contributed by atoms with Crippen LogP contribution in [-0.4, -0.2) is 0 Å². The summed E-state index contributed by atoms with van der Waals surface area (Å²) in [5.41, 5.74) is 6.04. The maximum absolute atomic E-state index is 13.4. The summed E-state index contributed by atoms with van der Waals surface area (Å²) < 4.78 is 32.2. The Morgan fingerprint density at radius 2 is 1.88 bits per heavy atom. The van der Waals surface area contributed by atoms with Crippen molar-refractivity contribution in [3.63, 3.8) is 0 Å². The van der Waals surface area contributed by atoms with Crippen molar-refractivity contribution in [1.82, 2.24) is 0 Å². The van der Waals surface area contributed by atoms with Crippen molar-refractivity contribution in [2.45, 2.75) is 0 Å². The van der Waals surface area contributed by atoms with Crippen molar-refractivity contribution in [1.29, 1.82) is 0 Å². The number of nitrogens with two attached hydrogens (primary N) is 1. The van der Waals surface area contributed by atoms with Gasteiger partial charge in [-0.2, -0.15) is 4.39 Å². The second kappa shape index (κ2) is 4.71. The molecule has 0 fully saturated rings. The molecule has 0 aliphatic heterocycles. The minimum atomic E-state index is -1.03. The normalized spacial score (nSPS) is 10.3. The first kappa shape index (κ1) is 11.9. The highest BCUT2D eigenvalue weighted by atomic mass is 79.9. The van der Waals surface area contributed by atoms with Crippen molar-refractivity contribution >= 4 is 21.6 Å². The van der Waals surface area contributed by atoms with Crippen molar-refractivity contribution in [3.8, 4) is 11.5 Å². The molecule has 0 aliphatic carbocycles. The van der Waals surface area contributed by atoms with Crippen molar-refractivity contribution < 1.29 is 13.5 Å². The zero-order chi connectivity index (χ0) is 12.4. The molecule has 0 amide bonds. The van der Waals surface area contributed by atoms with E-state index in [1.807, 2.05) is 0 Å². The summed E-state index contributed by atoms with van der Waals surface area (Å²) in [5.74, 6) is -1.85. The fourth-order valence-corrected chi connectivity index (χ4v) is 1.72. The Morgan fingerprint density at radius 3 is 2.59 bits per heavy atom. The van der Waals surface area contributed by atoms with Gasteiger partial charge in [0.15, 0.2) is 11.6 Å². The number of hydrogen-bond acceptors (Lipinski definition) is 2. The van der Waals surface area contributed by atoms with Crippen LogP contribution in [0.5, 0.6) is 11.5 Å². The lowest BCUT2D eigenvalue weighted by Crippen LogP contribution is -1.93. The Balaban J connectivity index is 2.36. The monoisotopic (exact) mass is 299 g/mol. The van der Waals surface area contributed by atoms with E-state index in [4.69, 9.17) is 10.5 Å². The second-order valence-corrected chi connectivity index (χ2v) is 4.29. The van der Waals surface area contributed by atoms with E-state index in [2.05, 4.69) is 15.9 Å². The van der Waals surface area contributed by atoms with E-state index < -0.39 is 11.6 Å². The lowest BCUT2D eigenvalue weighted by Gasteiger charge is -2.08. The van der Waals surface area contributed by atoms with Crippen LogP contribution in [0.2, 0.25) is 0 Å². The molecule has 0 spiro atoms. The van der Waals surface area contributed by atoms with E-state index in [0.717, 1.165) is 6.07 Å². The molecule has 0 aromatic heterocycles. The highest BCUT2D eigenvalue weighted by molar-refractivity contribution is 9.10. The van der Waals surface area contributed by atoms with Gasteiger partial charge in [0, 0.05) is 16.2 Å². The molecule has 2 aromatic carbocycles. The van der Waals surface area contributed by atoms with E-state index in [0.29, 0.717) is 15.9 Å². The van der Waals surface area contributed by atoms with Gasteiger partial charge in [0.1, 0.15) is 5.75 Å². The standard InChI is InChI=1S/C12H8BrF2NO/c13-7-4-10(14)12(15)11(5-7)17-9-3-1-2-8(16)6-9/h1-6H,16H2. The number of benzene rings is 2. The average molecular weight is 300 g/mol. The van der Waals surface area contributed by atoms with Crippen LogP contribution in [0.25, 0.3) is 0 Å². The minimum absolute atomic E-state index is 0.192. The molecule has 5 heteroatoms. The smallest absolute Gasteiger partial charge is 0.201 e. The first-order valence-corrected chi connectivity index (χ1v) is 5.53. The third kappa shape index (κ3) is 2.74. The van der Waals surface area contributed by atoms with Crippen LogP contribution in [0.3, 0.4) is 0 Å². The van der Waals surface area contributed by atoms with Crippen LogP contribution in [0.1, 0.15) is 0 Å². The zero-order valence-corrected chi connectivity index (χ0v) is 10.2. The van der Waals surface area contributed by atoms with Crippen LogP contribution in [0.4, 0.5) is 14.5 Å². The highest BCUT2D eigenvalue weighted by Gasteiger charge is 2.12. The molecular weight excluding hydrogens is 292 g/mol. The molecule has 88 valence electrons. The molecular formula is C12H8BrF2NO. The zero-order valence-electron chi connectivity index (χ0n) is 8.58. The second-order valence-electron chi connectivity index (χ2n) is 3.37. The molecule has 0 aliphatic rings. The Labute approximate surface area is 105 Å². The van der Waals surface area contributed by atoms with E-state index in [1.165, 1.54) is 12.1 Å². The number of rotatable bonds is 2. The number of hydrogen-bond donors (Lipinski definition) is 1. The van der Waals surface area contributed by atoms with Crippen LogP contribution in [-0.2, 0) is 0 Å². The topological polar surface area (TPSA) is 35.2 Å². The predicted octanol–water partition coefficient (Wildman–Crippen LogP) is 4.10. The number of ether oxygens (including phenoxy) is 1. The molecule has 2 N–H and O–H groups in total. The molecule has 0 heterocycles. The molecule has 0 radical (unpaired) electrons. The fraction of sp³-hybridized carbons (Fsp3) is 0. The first-order valence-electron chi connectivity index (χ1n) is 4.74. The summed E-state index contributed by atoms with van der Waals surface area (Å²) in [6.45, 7) is 0. The molecule has 0 bridgehead atoms. The quantitative estimate of drug-likeness (QED) is 0.669. The van der Waals surface area contributed by atoms with E-state index in [9.17, 15) is 8.78 Å². The van der Waals surface area contributed by atoms with Gasteiger partial charge in [-0.1, -0.05) is 22.0 Å². The van der Waals surface area contributed by atoms with Gasteiger partial charge in [-0.15, -0.1) is 0 Å². The predicted molar refractivity (Wildman–Crippen MR) is 65.0 cm³/mol. The maximum atomic E-state index is 13.4. The summed E-state index contributed by atoms with van der Waals surface area (Å²) in [5, 5.41) is 0. The van der Waals surface area contributed by atoms with Gasteiger partial charge in [0.2, 0.25) is 5.82 Å². The fourth-order valence-electron chi connectivity index (χ4n) is 1.31. The highest BCUT2D eigenvalue weighted by Crippen LogP contribution is 2.30. The molecule has 0 atom stereocenters. The SMILES string of the molecule is Nc1cccc(Oc2cc(Br)cc(F)c2F)c1. The van der Waals surface area contributed by atoms with Gasteiger partial charge in [0.05, 0.1) is 0 Å². The van der Waals surface area contributed by atoms with E-state index in [-0.39, 0.29) is 5.75 Å². The summed E-state index contributed by atoms with van der Waals surface area (Å²) in [6, 6.07) is 8.84. The van der Waals surface area contributed by atoms with Crippen LogP contribution in [0, 0.1) is 11.6 Å². The largest absolute Gasteiger partial charge is 0.454 e. The lowest BCUT2D eigenvalue weighted by molar-refractivity contribution is 0.415. The third-order valence-electron chi connectivity index (χ3n) is 2.05. The van der Waals surface area contributed by atoms with Crippen molar-refractivity contribution in [2.75, 3.05) is 5.73 Å². The number of nitrogen functional groups attached to an aromatic ring is 1. The molecule has 0 unspecified atom stereocenters. The minimum Gasteiger partial charge on any atom is -0.454 e. The van der Waals surface area contributed by atoms with Gasteiger partial charge in [-0.25, -0.2) is 4.39 Å². The van der Waals surface area contributed by atoms with Crippen LogP contribution >= 0.6 is 15.9 Å². The van der Waals surface area contributed by atoms with Crippen molar-refractivity contribution in [2.24, 2.45) is 0 Å². The summed E-state index contributed by atoms with van der Waals surface area (Å²) in [6.07, 6.45) is 0. The number of halogens is 3. The Hall–Kier alpha value is -1.62. The van der Waals surface area contributed by atoms with Gasteiger partial charge in [-0.05, 0) is 24.3 Å². The van der Waals surface area contributed by atoms with E-state index >= 15 is 0 Å². The van der Waals surface area contributed by atoms with Crippen LogP contribution in [0.15, 0.2) is 40.9 Å². The van der Waals surface area contributed by atoms with Gasteiger partial charge in [-0.3, -0.25) is 0 Å². The summed E-state index contributed by atoms with van der Waals surface area (Å²) >= 11 is 3.06. The summed E-state index contributed by atoms with van der Waals surface area (Å²) in [7, 11) is 0. The third-order valence-corrected chi connectivity index (χ3v) is 2.50. The Kier molecular flexibility index (Phi) is 3.28. The molecule has 0 saturated carbocycles. The van der Waals surface area contributed by atoms with Gasteiger partial charge < -0.3 is 10.5 Å². The lowest BCUT2D eigenvalue weighted by atomic mass is 10.3. The maximum Gasteiger partial charge on any atom is 0.201 e. The number of anilines is 1. The Morgan fingerprint density at radius 1 is 1.12 bits per heavy atom. The van der Waals surface area contributed by atoms with Crippen LogP contribution < -0.4 is 10.5 Å². The summed E-state index contributed by atoms with van der Waals surface area (Å²) in [4.78, 5) is 0. The Bertz CT molecular complexity index is 560. The molecule has 0 saturated heterocycles. The average Bonchev–Trinajstić information content (AvgIpc) is 2.25. The van der Waals surface area contributed by atoms with Gasteiger partial charge in [0.25, 0.3) is 0 Å².